The Morgan fingerprint density at radius 3 is 2.00 bits per heavy atom. The first-order chi connectivity index (χ1) is 9.15. The molecule has 20 heavy (non-hydrogen) atoms. The number of hydrogen-bond donors (Lipinski definition) is 1. The Kier molecular flexibility index (Phi) is 4.55. The van der Waals surface area contributed by atoms with Gasteiger partial charge in [0.1, 0.15) is 10.0 Å². The van der Waals surface area contributed by atoms with Gasteiger partial charge in [-0.2, -0.15) is 0 Å². The quantitative estimate of drug-likeness (QED) is 0.886. The van der Waals surface area contributed by atoms with Crippen LogP contribution < -0.4 is 5.32 Å². The maximum Gasteiger partial charge on any atom is 0.122 e. The molecule has 0 saturated heterocycles. The van der Waals surface area contributed by atoms with Gasteiger partial charge in [-0.25, -0.2) is 0 Å². The minimum atomic E-state index is 0.126. The van der Waals surface area contributed by atoms with Crippen LogP contribution in [0.15, 0.2) is 0 Å². The molecule has 0 spiro atoms. The van der Waals surface area contributed by atoms with E-state index in [0.717, 1.165) is 0 Å². The summed E-state index contributed by atoms with van der Waals surface area (Å²) in [5.41, 5.74) is 0.348. The second kappa shape index (κ2) is 5.72. The molecule has 1 saturated carbocycles. The van der Waals surface area contributed by atoms with Crippen molar-refractivity contribution in [3.8, 4) is 0 Å². The zero-order chi connectivity index (χ0) is 15.0. The van der Waals surface area contributed by atoms with Crippen LogP contribution in [0.5, 0.6) is 0 Å². The minimum Gasteiger partial charge on any atom is -0.309 e. The fraction of sp³-hybridized carbons (Fsp3) is 0.875. The van der Waals surface area contributed by atoms with Gasteiger partial charge in [0.15, 0.2) is 0 Å². The van der Waals surface area contributed by atoms with Crippen molar-refractivity contribution >= 4 is 11.3 Å². The third kappa shape index (κ3) is 4.26. The SMILES string of the molecule is CC(C)(C)N[C@H]1CC[C@H](c2nnc(C(C)(C)C)s2)CC1. The molecular formula is C16H29N3S. The van der Waals surface area contributed by atoms with E-state index in [2.05, 4.69) is 57.1 Å². The molecule has 0 atom stereocenters. The third-order valence-electron chi connectivity index (χ3n) is 3.80. The van der Waals surface area contributed by atoms with Crippen molar-refractivity contribution in [1.29, 1.82) is 0 Å². The average Bonchev–Trinajstić information content (AvgIpc) is 2.76. The van der Waals surface area contributed by atoms with Crippen LogP contribution in [0.4, 0.5) is 0 Å². The van der Waals surface area contributed by atoms with Crippen LogP contribution in [0.25, 0.3) is 0 Å². The largest absolute Gasteiger partial charge is 0.309 e. The number of aromatic nitrogens is 2. The minimum absolute atomic E-state index is 0.126. The van der Waals surface area contributed by atoms with Crippen molar-refractivity contribution in [3.63, 3.8) is 0 Å². The zero-order valence-corrected chi connectivity index (χ0v) is 14.6. The summed E-state index contributed by atoms with van der Waals surface area (Å²) in [6.07, 6.45) is 5.00. The standard InChI is InChI=1S/C16H29N3S/c1-15(2,3)14-19-18-13(20-14)11-7-9-12(10-8-11)17-16(4,5)6/h11-12,17H,7-10H2,1-6H3/t11-,12-. The van der Waals surface area contributed by atoms with Crippen molar-refractivity contribution in [2.75, 3.05) is 0 Å². The molecule has 0 aromatic carbocycles. The fourth-order valence-electron chi connectivity index (χ4n) is 2.80. The van der Waals surface area contributed by atoms with Crippen molar-refractivity contribution in [2.45, 2.75) is 90.1 Å². The predicted molar refractivity (Wildman–Crippen MR) is 86.5 cm³/mol. The summed E-state index contributed by atoms with van der Waals surface area (Å²) in [6, 6.07) is 0.668. The second-order valence-corrected chi connectivity index (χ2v) is 9.15. The van der Waals surface area contributed by atoms with E-state index in [9.17, 15) is 0 Å². The van der Waals surface area contributed by atoms with E-state index in [4.69, 9.17) is 0 Å². The molecule has 1 N–H and O–H groups in total. The molecule has 1 fully saturated rings. The Bertz CT molecular complexity index is 431. The molecule has 0 aliphatic heterocycles. The maximum absolute atomic E-state index is 4.45. The smallest absolute Gasteiger partial charge is 0.122 e. The van der Waals surface area contributed by atoms with Crippen LogP contribution in [-0.2, 0) is 5.41 Å². The number of rotatable bonds is 2. The Morgan fingerprint density at radius 1 is 0.950 bits per heavy atom. The van der Waals surface area contributed by atoms with Gasteiger partial charge in [-0.15, -0.1) is 21.5 Å². The van der Waals surface area contributed by atoms with Gasteiger partial charge in [-0.3, -0.25) is 0 Å². The van der Waals surface area contributed by atoms with E-state index in [0.29, 0.717) is 12.0 Å². The summed E-state index contributed by atoms with van der Waals surface area (Å²) in [6.45, 7) is 13.4. The first-order valence-corrected chi connectivity index (χ1v) is 8.58. The van der Waals surface area contributed by atoms with E-state index in [-0.39, 0.29) is 11.0 Å². The van der Waals surface area contributed by atoms with Crippen LogP contribution in [0, 0.1) is 0 Å². The van der Waals surface area contributed by atoms with E-state index < -0.39 is 0 Å². The molecule has 0 bridgehead atoms. The first kappa shape index (κ1) is 15.9. The highest BCUT2D eigenvalue weighted by Crippen LogP contribution is 2.37. The van der Waals surface area contributed by atoms with Gasteiger partial charge in [0.25, 0.3) is 0 Å². The monoisotopic (exact) mass is 295 g/mol. The van der Waals surface area contributed by atoms with Gasteiger partial charge in [-0.1, -0.05) is 20.8 Å². The van der Waals surface area contributed by atoms with Crippen molar-refractivity contribution < 1.29 is 0 Å². The van der Waals surface area contributed by atoms with Crippen LogP contribution in [0.2, 0.25) is 0 Å². The lowest BCUT2D eigenvalue weighted by Gasteiger charge is -2.33. The topological polar surface area (TPSA) is 37.8 Å². The molecule has 1 aliphatic carbocycles. The summed E-state index contributed by atoms with van der Waals surface area (Å²) in [5, 5.41) is 15.0. The van der Waals surface area contributed by atoms with Gasteiger partial charge >= 0.3 is 0 Å². The van der Waals surface area contributed by atoms with Gasteiger partial charge in [0, 0.05) is 22.9 Å². The van der Waals surface area contributed by atoms with Crippen LogP contribution in [0.1, 0.15) is 83.2 Å². The van der Waals surface area contributed by atoms with E-state index in [1.54, 1.807) is 0 Å². The Balaban J connectivity index is 1.92. The molecule has 0 radical (unpaired) electrons. The summed E-state index contributed by atoms with van der Waals surface area (Å²) in [7, 11) is 0. The lowest BCUT2D eigenvalue weighted by atomic mass is 9.85. The fourth-order valence-corrected chi connectivity index (χ4v) is 3.87. The summed E-state index contributed by atoms with van der Waals surface area (Å²) in [4.78, 5) is 0. The van der Waals surface area contributed by atoms with Crippen LogP contribution in [0.3, 0.4) is 0 Å². The van der Waals surface area contributed by atoms with Gasteiger partial charge in [-0.05, 0) is 46.5 Å². The number of nitrogens with one attached hydrogen (secondary N) is 1. The molecule has 0 amide bonds. The Morgan fingerprint density at radius 2 is 1.55 bits per heavy atom. The summed E-state index contributed by atoms with van der Waals surface area (Å²) < 4.78 is 0. The molecule has 1 aromatic rings. The highest BCUT2D eigenvalue weighted by Gasteiger charge is 2.28. The molecule has 3 nitrogen and oxygen atoms in total. The van der Waals surface area contributed by atoms with Crippen molar-refractivity contribution in [3.05, 3.63) is 10.0 Å². The van der Waals surface area contributed by atoms with Gasteiger partial charge < -0.3 is 5.32 Å². The molecular weight excluding hydrogens is 266 g/mol. The van der Waals surface area contributed by atoms with E-state index in [1.165, 1.54) is 35.7 Å². The predicted octanol–water partition coefficient (Wildman–Crippen LogP) is 4.25. The van der Waals surface area contributed by atoms with E-state index >= 15 is 0 Å². The molecule has 1 aromatic heterocycles. The highest BCUT2D eigenvalue weighted by molar-refractivity contribution is 7.11. The van der Waals surface area contributed by atoms with Crippen LogP contribution >= 0.6 is 11.3 Å². The van der Waals surface area contributed by atoms with Gasteiger partial charge in [0.05, 0.1) is 0 Å². The summed E-state index contributed by atoms with van der Waals surface area (Å²) >= 11 is 1.82. The summed E-state index contributed by atoms with van der Waals surface area (Å²) in [5.74, 6) is 0.626. The number of hydrogen-bond acceptors (Lipinski definition) is 4. The average molecular weight is 295 g/mol. The molecule has 114 valence electrons. The second-order valence-electron chi connectivity index (χ2n) is 8.14. The first-order valence-electron chi connectivity index (χ1n) is 7.77. The lowest BCUT2D eigenvalue weighted by Crippen LogP contribution is -2.45. The maximum atomic E-state index is 4.45. The highest BCUT2D eigenvalue weighted by atomic mass is 32.1. The normalized spacial score (nSPS) is 24.9. The van der Waals surface area contributed by atoms with E-state index in [1.807, 2.05) is 11.3 Å². The molecule has 2 rings (SSSR count). The lowest BCUT2D eigenvalue weighted by molar-refractivity contribution is 0.279. The Labute approximate surface area is 127 Å². The molecule has 0 unspecified atom stereocenters. The van der Waals surface area contributed by atoms with Crippen molar-refractivity contribution in [2.24, 2.45) is 0 Å². The van der Waals surface area contributed by atoms with Crippen molar-refractivity contribution in [1.82, 2.24) is 15.5 Å². The van der Waals surface area contributed by atoms with Crippen LogP contribution in [-0.4, -0.2) is 21.8 Å². The molecule has 1 aliphatic rings. The third-order valence-corrected chi connectivity index (χ3v) is 5.31. The zero-order valence-electron chi connectivity index (χ0n) is 13.8. The van der Waals surface area contributed by atoms with Gasteiger partial charge in [0.2, 0.25) is 0 Å². The Hall–Kier alpha value is -0.480. The molecule has 1 heterocycles. The molecule has 4 heteroatoms. The number of nitrogens with zero attached hydrogens (tertiary/aromatic N) is 2.